The van der Waals surface area contributed by atoms with Crippen LogP contribution in [-0.4, -0.2) is 35.8 Å². The number of carbonyl (C=O) groups is 2. The number of benzene rings is 2. The zero-order valence-electron chi connectivity index (χ0n) is 19.2. The van der Waals surface area contributed by atoms with Crippen LogP contribution >= 0.6 is 34.7 Å². The monoisotopic (exact) mass is 530 g/mol. The summed E-state index contributed by atoms with van der Waals surface area (Å²) in [6.07, 6.45) is 0. The van der Waals surface area contributed by atoms with Crippen molar-refractivity contribution in [2.45, 2.75) is 30.0 Å². The fourth-order valence-electron chi connectivity index (χ4n) is 4.47. The lowest BCUT2D eigenvalue weighted by Crippen LogP contribution is -2.32. The largest absolute Gasteiger partial charge is 0.493 e. The van der Waals surface area contributed by atoms with Gasteiger partial charge in [-0.15, -0.1) is 0 Å². The van der Waals surface area contributed by atoms with E-state index < -0.39 is 17.1 Å². The molecule has 3 aromatic rings. The Hall–Kier alpha value is -2.75. The Morgan fingerprint density at radius 2 is 1.80 bits per heavy atom. The van der Waals surface area contributed by atoms with Gasteiger partial charge in [-0.05, 0) is 47.9 Å². The highest BCUT2D eigenvalue weighted by atomic mass is 35.5. The lowest BCUT2D eigenvalue weighted by Gasteiger charge is -2.30. The highest BCUT2D eigenvalue weighted by Crippen LogP contribution is 2.53. The van der Waals surface area contributed by atoms with Gasteiger partial charge in [0.1, 0.15) is 5.25 Å². The van der Waals surface area contributed by atoms with E-state index in [9.17, 15) is 14.4 Å². The molecule has 2 amide bonds. The van der Waals surface area contributed by atoms with E-state index in [0.717, 1.165) is 21.8 Å². The SMILES string of the molecule is COc1cc([C@@H]2c3sc(=O)[nH]c3S[C@H]3C(=O)N(c4ccc(Cl)cc4)C(=O)[C@@H]23)ccc1OCC(C)C. The van der Waals surface area contributed by atoms with Gasteiger partial charge in [0, 0.05) is 15.8 Å². The predicted molar refractivity (Wildman–Crippen MR) is 137 cm³/mol. The minimum Gasteiger partial charge on any atom is -0.493 e. The summed E-state index contributed by atoms with van der Waals surface area (Å²) in [6, 6.07) is 12.2. The molecule has 3 heterocycles. The molecule has 0 saturated carbocycles. The second-order valence-corrected chi connectivity index (χ2v) is 11.5. The highest BCUT2D eigenvalue weighted by Gasteiger charge is 2.56. The Balaban J connectivity index is 1.59. The number of ether oxygens (including phenoxy) is 2. The molecule has 1 aromatic heterocycles. The number of aromatic nitrogens is 1. The molecule has 0 unspecified atom stereocenters. The molecule has 1 N–H and O–H groups in total. The first kappa shape index (κ1) is 24.0. The van der Waals surface area contributed by atoms with Crippen molar-refractivity contribution in [2.24, 2.45) is 11.8 Å². The summed E-state index contributed by atoms with van der Waals surface area (Å²) in [6.45, 7) is 4.66. The smallest absolute Gasteiger partial charge is 0.305 e. The van der Waals surface area contributed by atoms with Crippen LogP contribution in [0.25, 0.3) is 0 Å². The van der Waals surface area contributed by atoms with Crippen LogP contribution in [-0.2, 0) is 9.59 Å². The third-order valence-electron chi connectivity index (χ3n) is 6.03. The van der Waals surface area contributed by atoms with Crippen LogP contribution in [0.2, 0.25) is 5.02 Å². The van der Waals surface area contributed by atoms with Crippen LogP contribution in [0, 0.1) is 11.8 Å². The summed E-state index contributed by atoms with van der Waals surface area (Å²) < 4.78 is 11.5. The highest BCUT2D eigenvalue weighted by molar-refractivity contribution is 8.00. The Bertz CT molecular complexity index is 1350. The Kier molecular flexibility index (Phi) is 6.41. The van der Waals surface area contributed by atoms with Crippen molar-refractivity contribution < 1.29 is 19.1 Å². The van der Waals surface area contributed by atoms with Crippen LogP contribution in [0.3, 0.4) is 0 Å². The van der Waals surface area contributed by atoms with E-state index in [2.05, 4.69) is 18.8 Å². The third kappa shape index (κ3) is 4.26. The van der Waals surface area contributed by atoms with Gasteiger partial charge in [-0.1, -0.05) is 54.6 Å². The van der Waals surface area contributed by atoms with E-state index in [-0.39, 0.29) is 16.7 Å². The zero-order chi connectivity index (χ0) is 24.9. The minimum atomic E-state index is -0.672. The fourth-order valence-corrected chi connectivity index (χ4v) is 7.12. The molecule has 2 aromatic carbocycles. The number of halogens is 1. The number of H-pyrrole nitrogens is 1. The Labute approximate surface area is 215 Å². The topological polar surface area (TPSA) is 88.7 Å². The van der Waals surface area contributed by atoms with E-state index in [0.29, 0.717) is 39.8 Å². The molecule has 35 heavy (non-hydrogen) atoms. The van der Waals surface area contributed by atoms with Crippen molar-refractivity contribution in [3.8, 4) is 11.5 Å². The molecule has 0 spiro atoms. The van der Waals surface area contributed by atoms with Crippen LogP contribution < -0.4 is 19.2 Å². The van der Waals surface area contributed by atoms with E-state index >= 15 is 0 Å². The van der Waals surface area contributed by atoms with Gasteiger partial charge in [0.25, 0.3) is 0 Å². The van der Waals surface area contributed by atoms with E-state index in [1.807, 2.05) is 18.2 Å². The van der Waals surface area contributed by atoms with Crippen molar-refractivity contribution in [1.29, 1.82) is 0 Å². The van der Waals surface area contributed by atoms with Gasteiger partial charge in [-0.25, -0.2) is 4.90 Å². The zero-order valence-corrected chi connectivity index (χ0v) is 21.6. The number of hydrogen-bond acceptors (Lipinski definition) is 7. The van der Waals surface area contributed by atoms with Gasteiger partial charge >= 0.3 is 4.87 Å². The first-order chi connectivity index (χ1) is 16.8. The Morgan fingerprint density at radius 1 is 1.06 bits per heavy atom. The van der Waals surface area contributed by atoms with Crippen molar-refractivity contribution in [1.82, 2.24) is 4.98 Å². The molecule has 0 radical (unpaired) electrons. The molecule has 2 aliphatic rings. The molecular formula is C25H23ClN2O5S2. The van der Waals surface area contributed by atoms with E-state index in [1.165, 1.54) is 16.7 Å². The summed E-state index contributed by atoms with van der Waals surface area (Å²) >= 11 is 8.33. The number of nitrogens with one attached hydrogen (secondary N) is 1. The number of fused-ring (bicyclic) bond motifs is 2. The average molecular weight is 531 g/mol. The van der Waals surface area contributed by atoms with Crippen LogP contribution in [0.4, 0.5) is 5.69 Å². The summed E-state index contributed by atoms with van der Waals surface area (Å²) in [4.78, 5) is 44.1. The van der Waals surface area contributed by atoms with Gasteiger partial charge < -0.3 is 14.5 Å². The quantitative estimate of drug-likeness (QED) is 0.455. The van der Waals surface area contributed by atoms with Crippen LogP contribution in [0.15, 0.2) is 52.3 Å². The maximum absolute atomic E-state index is 13.8. The Morgan fingerprint density at radius 3 is 2.49 bits per heavy atom. The molecule has 10 heteroatoms. The van der Waals surface area contributed by atoms with Crippen LogP contribution in [0.5, 0.6) is 11.5 Å². The molecule has 5 rings (SSSR count). The number of rotatable bonds is 6. The first-order valence-corrected chi connectivity index (χ1v) is 13.2. The lowest BCUT2D eigenvalue weighted by molar-refractivity contribution is -0.122. The molecule has 0 bridgehead atoms. The second-order valence-electron chi connectivity index (χ2n) is 8.85. The molecule has 3 atom stereocenters. The molecule has 7 nitrogen and oxygen atoms in total. The molecule has 1 saturated heterocycles. The summed E-state index contributed by atoms with van der Waals surface area (Å²) in [5, 5.41) is 0.484. The van der Waals surface area contributed by atoms with Crippen molar-refractivity contribution in [2.75, 3.05) is 18.6 Å². The van der Waals surface area contributed by atoms with Gasteiger partial charge in [0.15, 0.2) is 11.5 Å². The number of imide groups is 1. The molecule has 0 aliphatic carbocycles. The minimum absolute atomic E-state index is 0.217. The molecular weight excluding hydrogens is 508 g/mol. The van der Waals surface area contributed by atoms with Crippen molar-refractivity contribution in [3.63, 3.8) is 0 Å². The normalized spacial score (nSPS) is 21.3. The standard InChI is InChI=1S/C25H23ClN2O5S2/c1-12(2)11-33-16-9-4-13(10-17(16)32-3)18-19-21(34-22-20(18)35-25(31)27-22)24(30)28(23(19)29)15-7-5-14(26)6-8-15/h4-10,12,18-19,21H,11H2,1-3H3,(H,27,31)/t18-,19-,21+/m0/s1. The number of thioether (sulfide) groups is 1. The number of anilines is 1. The number of aromatic amines is 1. The predicted octanol–water partition coefficient (Wildman–Crippen LogP) is 4.93. The maximum atomic E-state index is 13.8. The van der Waals surface area contributed by atoms with Gasteiger partial charge in [-0.3, -0.25) is 14.4 Å². The van der Waals surface area contributed by atoms with Crippen molar-refractivity contribution >= 4 is 52.2 Å². The molecule has 182 valence electrons. The molecule has 2 aliphatic heterocycles. The number of thiazole rings is 1. The average Bonchev–Trinajstić information content (AvgIpc) is 3.32. The summed E-state index contributed by atoms with van der Waals surface area (Å²) in [5.74, 6) is -0.281. The maximum Gasteiger partial charge on any atom is 0.305 e. The van der Waals surface area contributed by atoms with Gasteiger partial charge in [0.05, 0.1) is 30.3 Å². The molecule has 1 fully saturated rings. The number of nitrogens with zero attached hydrogens (tertiary/aromatic N) is 1. The summed E-state index contributed by atoms with van der Waals surface area (Å²) in [5.41, 5.74) is 1.26. The number of carbonyl (C=O) groups excluding carboxylic acids is 2. The number of amides is 2. The number of methoxy groups -OCH3 is 1. The van der Waals surface area contributed by atoms with Gasteiger partial charge in [0.2, 0.25) is 11.8 Å². The first-order valence-electron chi connectivity index (χ1n) is 11.1. The number of hydrogen-bond donors (Lipinski definition) is 1. The van der Waals surface area contributed by atoms with Crippen molar-refractivity contribution in [3.05, 3.63) is 67.6 Å². The van der Waals surface area contributed by atoms with E-state index in [1.54, 1.807) is 31.4 Å². The lowest BCUT2D eigenvalue weighted by atomic mass is 9.83. The summed E-state index contributed by atoms with van der Waals surface area (Å²) in [7, 11) is 1.56. The second kappa shape index (κ2) is 9.37. The van der Waals surface area contributed by atoms with E-state index in [4.69, 9.17) is 21.1 Å². The van der Waals surface area contributed by atoms with Gasteiger partial charge in [-0.2, -0.15) is 0 Å². The third-order valence-corrected chi connectivity index (χ3v) is 8.68. The fraction of sp³-hybridized carbons (Fsp3) is 0.320. The van der Waals surface area contributed by atoms with Crippen LogP contribution in [0.1, 0.15) is 30.2 Å².